The van der Waals surface area contributed by atoms with Crippen LogP contribution < -0.4 is 21.3 Å². The fourth-order valence-corrected chi connectivity index (χ4v) is 5.58. The molecule has 3 amide bonds. The number of likely N-dealkylation sites (N-methyl/N-ethyl adjacent to an activating group) is 1. The third-order valence-corrected chi connectivity index (χ3v) is 7.97. The molecule has 1 saturated carbocycles. The first-order valence-electron chi connectivity index (χ1n) is 15.1. The molecule has 2 aromatic rings. The molecular weight excluding hydrogens is 550 g/mol. The molecule has 4 atom stereocenters. The summed E-state index contributed by atoms with van der Waals surface area (Å²) in [4.78, 5) is 41.6. The zero-order valence-electron chi connectivity index (χ0n) is 25.7. The molecule has 0 bridgehead atoms. The van der Waals surface area contributed by atoms with Crippen molar-refractivity contribution in [2.75, 3.05) is 27.2 Å². The number of hydrogen-bond donors (Lipinski definition) is 4. The maximum Gasteiger partial charge on any atom is 0.251 e. The minimum atomic E-state index is -0.804. The third kappa shape index (κ3) is 10.7. The van der Waals surface area contributed by atoms with Crippen LogP contribution in [0.4, 0.5) is 0 Å². The van der Waals surface area contributed by atoms with Crippen molar-refractivity contribution in [2.24, 2.45) is 5.92 Å². The van der Waals surface area contributed by atoms with Gasteiger partial charge in [-0.05, 0) is 81.6 Å². The molecule has 3 rings (SSSR count). The largest absolute Gasteiger partial charge is 0.351 e. The van der Waals surface area contributed by atoms with E-state index in [2.05, 4.69) is 32.2 Å². The molecule has 42 heavy (non-hydrogen) atoms. The molecule has 2 aromatic carbocycles. The normalized spacial score (nSPS) is 18.4. The summed E-state index contributed by atoms with van der Waals surface area (Å²) in [5, 5.41) is 13.0. The van der Waals surface area contributed by atoms with Crippen LogP contribution in [0.3, 0.4) is 0 Å². The highest BCUT2D eigenvalue weighted by molar-refractivity contribution is 6.30. The molecule has 0 aromatic heterocycles. The Morgan fingerprint density at radius 2 is 1.67 bits per heavy atom. The Labute approximate surface area is 256 Å². The number of nitrogens with one attached hydrogen (secondary N) is 4. The van der Waals surface area contributed by atoms with Gasteiger partial charge in [-0.1, -0.05) is 62.6 Å². The van der Waals surface area contributed by atoms with Gasteiger partial charge in [0.25, 0.3) is 5.91 Å². The SMILES string of the molecule is CC(C)C[C@H](NC(=O)[C@H](C)NC(=O)c1ccc(CNCCN(C)C)cc1)C(=O)NC1CCCC[C@H]1c1cccc(Cl)c1. The Morgan fingerprint density at radius 3 is 2.33 bits per heavy atom. The molecule has 9 heteroatoms. The van der Waals surface area contributed by atoms with Gasteiger partial charge in [-0.2, -0.15) is 0 Å². The molecule has 4 N–H and O–H groups in total. The van der Waals surface area contributed by atoms with Crippen LogP contribution in [-0.2, 0) is 16.1 Å². The maximum absolute atomic E-state index is 13.5. The van der Waals surface area contributed by atoms with E-state index < -0.39 is 12.1 Å². The minimum absolute atomic E-state index is 0.0282. The number of nitrogens with zero attached hydrogens (tertiary/aromatic N) is 1. The number of rotatable bonds is 14. The fourth-order valence-electron chi connectivity index (χ4n) is 5.38. The lowest BCUT2D eigenvalue weighted by Gasteiger charge is -2.34. The van der Waals surface area contributed by atoms with Crippen LogP contribution in [0, 0.1) is 5.92 Å². The van der Waals surface area contributed by atoms with E-state index in [0.717, 1.165) is 49.9 Å². The van der Waals surface area contributed by atoms with Gasteiger partial charge in [0.15, 0.2) is 0 Å². The molecule has 0 saturated heterocycles. The van der Waals surface area contributed by atoms with E-state index in [9.17, 15) is 14.4 Å². The number of hydrogen-bond acceptors (Lipinski definition) is 5. The summed E-state index contributed by atoms with van der Waals surface area (Å²) in [6.45, 7) is 8.22. The number of carbonyl (C=O) groups is 3. The monoisotopic (exact) mass is 597 g/mol. The molecule has 230 valence electrons. The zero-order chi connectivity index (χ0) is 30.6. The van der Waals surface area contributed by atoms with Crippen molar-refractivity contribution in [1.82, 2.24) is 26.2 Å². The van der Waals surface area contributed by atoms with E-state index in [1.807, 2.05) is 58.3 Å². The summed E-state index contributed by atoms with van der Waals surface area (Å²) in [7, 11) is 4.07. The molecule has 0 radical (unpaired) electrons. The molecule has 0 spiro atoms. The molecule has 1 unspecified atom stereocenters. The lowest BCUT2D eigenvalue weighted by atomic mass is 9.80. The highest BCUT2D eigenvalue weighted by atomic mass is 35.5. The summed E-state index contributed by atoms with van der Waals surface area (Å²) < 4.78 is 0. The van der Waals surface area contributed by atoms with Gasteiger partial charge < -0.3 is 26.2 Å². The summed E-state index contributed by atoms with van der Waals surface area (Å²) in [5.74, 6) is -0.543. The number of carbonyl (C=O) groups excluding carboxylic acids is 3. The summed E-state index contributed by atoms with van der Waals surface area (Å²) in [5.41, 5.74) is 2.68. The van der Waals surface area contributed by atoms with Gasteiger partial charge in [0.1, 0.15) is 12.1 Å². The van der Waals surface area contributed by atoms with Crippen LogP contribution in [0.2, 0.25) is 5.02 Å². The molecule has 1 fully saturated rings. The average molecular weight is 598 g/mol. The first kappa shape index (κ1) is 33.6. The minimum Gasteiger partial charge on any atom is -0.351 e. The molecule has 0 heterocycles. The average Bonchev–Trinajstić information content (AvgIpc) is 2.95. The van der Waals surface area contributed by atoms with Gasteiger partial charge in [0, 0.05) is 42.2 Å². The molecular formula is C33H48ClN5O3. The highest BCUT2D eigenvalue weighted by Crippen LogP contribution is 2.34. The van der Waals surface area contributed by atoms with E-state index >= 15 is 0 Å². The van der Waals surface area contributed by atoms with Gasteiger partial charge in [-0.3, -0.25) is 14.4 Å². The summed E-state index contributed by atoms with van der Waals surface area (Å²) in [6, 6.07) is 13.7. The van der Waals surface area contributed by atoms with Crippen molar-refractivity contribution in [3.63, 3.8) is 0 Å². The fraction of sp³-hybridized carbons (Fsp3) is 0.545. The van der Waals surface area contributed by atoms with Crippen LogP contribution in [0.1, 0.15) is 80.3 Å². The van der Waals surface area contributed by atoms with Gasteiger partial charge >= 0.3 is 0 Å². The van der Waals surface area contributed by atoms with Crippen LogP contribution in [0.15, 0.2) is 48.5 Å². The molecule has 1 aliphatic carbocycles. The predicted molar refractivity (Wildman–Crippen MR) is 170 cm³/mol. The Hall–Kier alpha value is -2.94. The Kier molecular flexibility index (Phi) is 13.3. The second-order valence-corrected chi connectivity index (χ2v) is 12.6. The smallest absolute Gasteiger partial charge is 0.251 e. The predicted octanol–water partition coefficient (Wildman–Crippen LogP) is 4.48. The van der Waals surface area contributed by atoms with Gasteiger partial charge in [-0.15, -0.1) is 0 Å². The van der Waals surface area contributed by atoms with Crippen LogP contribution in [0.5, 0.6) is 0 Å². The highest BCUT2D eigenvalue weighted by Gasteiger charge is 2.32. The van der Waals surface area contributed by atoms with Crippen molar-refractivity contribution < 1.29 is 14.4 Å². The van der Waals surface area contributed by atoms with Crippen molar-refractivity contribution in [1.29, 1.82) is 0 Å². The summed E-state index contributed by atoms with van der Waals surface area (Å²) >= 11 is 6.26. The Morgan fingerprint density at radius 1 is 0.952 bits per heavy atom. The van der Waals surface area contributed by atoms with Crippen molar-refractivity contribution in [3.05, 3.63) is 70.2 Å². The standard InChI is InChI=1S/C33H48ClN5O3/c1-22(2)19-30(33(42)37-29-12-7-6-11-28(29)26-9-8-10-27(34)20-26)38-31(40)23(3)36-32(41)25-15-13-24(14-16-25)21-35-17-18-39(4)5/h8-10,13-16,20,22-23,28-30,35H,6-7,11-12,17-19,21H2,1-5H3,(H,36,41)(H,37,42)(H,38,40)/t23-,28-,29?,30-/m0/s1. The third-order valence-electron chi connectivity index (χ3n) is 7.73. The topological polar surface area (TPSA) is 103 Å². The van der Waals surface area contributed by atoms with E-state index in [1.54, 1.807) is 19.1 Å². The second-order valence-electron chi connectivity index (χ2n) is 12.1. The van der Waals surface area contributed by atoms with E-state index in [-0.39, 0.29) is 35.6 Å². The van der Waals surface area contributed by atoms with Crippen LogP contribution in [-0.4, -0.2) is 67.9 Å². The molecule has 0 aliphatic heterocycles. The molecule has 1 aliphatic rings. The number of amides is 3. The first-order chi connectivity index (χ1) is 20.0. The Balaban J connectivity index is 1.57. The van der Waals surface area contributed by atoms with Crippen molar-refractivity contribution in [2.45, 2.75) is 83.5 Å². The van der Waals surface area contributed by atoms with Crippen LogP contribution in [0.25, 0.3) is 0 Å². The van der Waals surface area contributed by atoms with Gasteiger partial charge in [0.2, 0.25) is 11.8 Å². The molecule has 8 nitrogen and oxygen atoms in total. The van der Waals surface area contributed by atoms with E-state index in [4.69, 9.17) is 11.6 Å². The van der Waals surface area contributed by atoms with Crippen molar-refractivity contribution in [3.8, 4) is 0 Å². The lowest BCUT2D eigenvalue weighted by molar-refractivity contribution is -0.130. The first-order valence-corrected chi connectivity index (χ1v) is 15.5. The quantitative estimate of drug-likeness (QED) is 0.241. The van der Waals surface area contributed by atoms with E-state index in [0.29, 0.717) is 23.6 Å². The maximum atomic E-state index is 13.5. The number of benzene rings is 2. The zero-order valence-corrected chi connectivity index (χ0v) is 26.5. The number of halogens is 1. The Bertz CT molecular complexity index is 1170. The van der Waals surface area contributed by atoms with Gasteiger partial charge in [-0.25, -0.2) is 0 Å². The van der Waals surface area contributed by atoms with Crippen molar-refractivity contribution >= 4 is 29.3 Å². The van der Waals surface area contributed by atoms with E-state index in [1.165, 1.54) is 0 Å². The second kappa shape index (κ2) is 16.6. The lowest BCUT2D eigenvalue weighted by Crippen LogP contribution is -2.55. The van der Waals surface area contributed by atoms with Gasteiger partial charge in [0.05, 0.1) is 0 Å². The summed E-state index contributed by atoms with van der Waals surface area (Å²) in [6.07, 6.45) is 4.49. The van der Waals surface area contributed by atoms with Crippen LogP contribution >= 0.6 is 11.6 Å².